The molecule has 0 saturated carbocycles. The fourth-order valence-electron chi connectivity index (χ4n) is 2.84. The Morgan fingerprint density at radius 3 is 2.30 bits per heavy atom. The Morgan fingerprint density at radius 1 is 0.957 bits per heavy atom. The lowest BCUT2D eigenvalue weighted by Crippen LogP contribution is -2.44. The first-order valence-corrected chi connectivity index (χ1v) is 7.88. The van der Waals surface area contributed by atoms with Gasteiger partial charge in [0.05, 0.1) is 0 Å². The Bertz CT molecular complexity index is 812. The molecule has 118 valence electrons. The highest BCUT2D eigenvalue weighted by atomic mass is 16.2. The molecule has 3 rings (SSSR count). The summed E-state index contributed by atoms with van der Waals surface area (Å²) in [6.45, 7) is 6.00. The Balaban J connectivity index is 2.10. The second-order valence-electron chi connectivity index (χ2n) is 6.83. The van der Waals surface area contributed by atoms with Gasteiger partial charge in [0.15, 0.2) is 0 Å². The Hall–Kier alpha value is -2.55. The number of aromatic nitrogens is 1. The Kier molecular flexibility index (Phi) is 3.95. The van der Waals surface area contributed by atoms with Crippen molar-refractivity contribution < 1.29 is 4.79 Å². The van der Waals surface area contributed by atoms with E-state index in [9.17, 15) is 4.79 Å². The van der Waals surface area contributed by atoms with Crippen LogP contribution in [0.25, 0.3) is 10.9 Å². The first-order chi connectivity index (χ1) is 11.0. The molecule has 1 N–H and O–H groups in total. The predicted molar refractivity (Wildman–Crippen MR) is 94.4 cm³/mol. The van der Waals surface area contributed by atoms with Crippen molar-refractivity contribution in [3.8, 4) is 0 Å². The third-order valence-electron chi connectivity index (χ3n) is 3.77. The quantitative estimate of drug-likeness (QED) is 0.775. The molecule has 0 fully saturated rings. The molecule has 2 aromatic carbocycles. The van der Waals surface area contributed by atoms with Gasteiger partial charge < -0.3 is 9.88 Å². The summed E-state index contributed by atoms with van der Waals surface area (Å²) in [4.78, 5) is 13.0. The van der Waals surface area contributed by atoms with Gasteiger partial charge in [-0.25, -0.2) is 0 Å². The maximum Gasteiger partial charge on any atom is 0.248 e. The normalized spacial score (nSPS) is 13.0. The minimum Gasteiger partial charge on any atom is -0.349 e. The van der Waals surface area contributed by atoms with Gasteiger partial charge in [0.1, 0.15) is 6.04 Å². The third-order valence-corrected chi connectivity index (χ3v) is 3.77. The number of nitrogens with one attached hydrogen (secondary N) is 1. The van der Waals surface area contributed by atoms with Crippen LogP contribution in [0.2, 0.25) is 0 Å². The largest absolute Gasteiger partial charge is 0.349 e. The first kappa shape index (κ1) is 15.3. The van der Waals surface area contributed by atoms with Crippen molar-refractivity contribution in [3.05, 3.63) is 72.4 Å². The van der Waals surface area contributed by atoms with E-state index in [-0.39, 0.29) is 17.5 Å². The number of carbonyl (C=O) groups is 1. The zero-order valence-corrected chi connectivity index (χ0v) is 13.8. The van der Waals surface area contributed by atoms with Crippen LogP contribution in [0.15, 0.2) is 66.9 Å². The van der Waals surface area contributed by atoms with Crippen molar-refractivity contribution in [1.29, 1.82) is 0 Å². The lowest BCUT2D eigenvalue weighted by molar-refractivity contribution is -0.124. The summed E-state index contributed by atoms with van der Waals surface area (Å²) in [7, 11) is 0. The van der Waals surface area contributed by atoms with Crippen molar-refractivity contribution in [2.75, 3.05) is 0 Å². The zero-order chi connectivity index (χ0) is 16.4. The van der Waals surface area contributed by atoms with E-state index in [1.807, 2.05) is 74.0 Å². The smallest absolute Gasteiger partial charge is 0.248 e. The van der Waals surface area contributed by atoms with Crippen LogP contribution in [-0.4, -0.2) is 16.0 Å². The summed E-state index contributed by atoms with van der Waals surface area (Å²) in [6.07, 6.45) is 1.99. The minimum absolute atomic E-state index is 0.00468. The van der Waals surface area contributed by atoms with Crippen LogP contribution in [0.5, 0.6) is 0 Å². The van der Waals surface area contributed by atoms with Gasteiger partial charge >= 0.3 is 0 Å². The van der Waals surface area contributed by atoms with Gasteiger partial charge in [-0.1, -0.05) is 48.5 Å². The van der Waals surface area contributed by atoms with E-state index in [1.165, 1.54) is 0 Å². The van der Waals surface area contributed by atoms with E-state index in [1.54, 1.807) is 0 Å². The standard InChI is InChI=1S/C20H22N2O/c1-20(2,3)21-19(23)18(16-10-5-4-6-11-16)22-14-13-15-9-7-8-12-17(15)22/h4-14,18H,1-3H3,(H,21,23). The predicted octanol–water partition coefficient (Wildman–Crippen LogP) is 4.15. The molecule has 0 aliphatic heterocycles. The van der Waals surface area contributed by atoms with E-state index in [0.717, 1.165) is 16.5 Å². The highest BCUT2D eigenvalue weighted by molar-refractivity contribution is 5.88. The molecule has 1 aromatic heterocycles. The summed E-state index contributed by atoms with van der Waals surface area (Å²) in [5, 5.41) is 4.25. The highest BCUT2D eigenvalue weighted by Gasteiger charge is 2.26. The summed E-state index contributed by atoms with van der Waals surface area (Å²) in [5.41, 5.74) is 1.77. The first-order valence-electron chi connectivity index (χ1n) is 7.88. The van der Waals surface area contributed by atoms with Crippen LogP contribution < -0.4 is 5.32 Å². The molecule has 0 spiro atoms. The van der Waals surface area contributed by atoms with E-state index < -0.39 is 0 Å². The number of fused-ring (bicyclic) bond motifs is 1. The molecule has 0 aliphatic carbocycles. The average molecular weight is 306 g/mol. The summed E-state index contributed by atoms with van der Waals surface area (Å²) < 4.78 is 2.05. The molecule has 0 radical (unpaired) electrons. The van der Waals surface area contributed by atoms with Crippen molar-refractivity contribution >= 4 is 16.8 Å². The molecule has 0 aliphatic rings. The van der Waals surface area contributed by atoms with Crippen molar-refractivity contribution in [1.82, 2.24) is 9.88 Å². The Labute approximate surface area is 136 Å². The monoisotopic (exact) mass is 306 g/mol. The van der Waals surface area contributed by atoms with Crippen LogP contribution in [0.3, 0.4) is 0 Å². The fourth-order valence-corrected chi connectivity index (χ4v) is 2.84. The maximum absolute atomic E-state index is 13.0. The molecule has 3 nitrogen and oxygen atoms in total. The van der Waals surface area contributed by atoms with Gasteiger partial charge in [-0.05, 0) is 43.9 Å². The SMILES string of the molecule is CC(C)(C)NC(=O)C(c1ccccc1)n1ccc2ccccc21. The molecule has 0 saturated heterocycles. The molecular formula is C20H22N2O. The Morgan fingerprint density at radius 2 is 1.61 bits per heavy atom. The van der Waals surface area contributed by atoms with Crippen molar-refractivity contribution in [3.63, 3.8) is 0 Å². The number of amides is 1. The van der Waals surface area contributed by atoms with Gasteiger partial charge in [-0.3, -0.25) is 4.79 Å². The lowest BCUT2D eigenvalue weighted by atomic mass is 10.0. The van der Waals surface area contributed by atoms with Crippen molar-refractivity contribution in [2.45, 2.75) is 32.4 Å². The minimum atomic E-state index is -0.379. The number of rotatable bonds is 3. The molecular weight excluding hydrogens is 284 g/mol. The van der Waals surface area contributed by atoms with E-state index in [0.29, 0.717) is 0 Å². The van der Waals surface area contributed by atoms with Gasteiger partial charge in [-0.2, -0.15) is 0 Å². The van der Waals surface area contributed by atoms with Crippen molar-refractivity contribution in [2.24, 2.45) is 0 Å². The molecule has 1 amide bonds. The number of hydrogen-bond acceptors (Lipinski definition) is 1. The van der Waals surface area contributed by atoms with Crippen LogP contribution >= 0.6 is 0 Å². The van der Waals surface area contributed by atoms with E-state index in [2.05, 4.69) is 23.5 Å². The molecule has 1 atom stereocenters. The number of nitrogens with zero attached hydrogens (tertiary/aromatic N) is 1. The summed E-state index contributed by atoms with van der Waals surface area (Å²) in [6, 6.07) is 19.7. The summed E-state index contributed by atoms with van der Waals surface area (Å²) >= 11 is 0. The van der Waals surface area contributed by atoms with Gasteiger partial charge in [0, 0.05) is 17.3 Å². The number of carbonyl (C=O) groups excluding carboxylic acids is 1. The van der Waals surface area contributed by atoms with Crippen LogP contribution in [-0.2, 0) is 4.79 Å². The molecule has 1 unspecified atom stereocenters. The number of hydrogen-bond donors (Lipinski definition) is 1. The second kappa shape index (κ2) is 5.92. The molecule has 23 heavy (non-hydrogen) atoms. The molecule has 3 heteroatoms. The number of para-hydroxylation sites is 1. The second-order valence-corrected chi connectivity index (χ2v) is 6.83. The van der Waals surface area contributed by atoms with E-state index >= 15 is 0 Å². The van der Waals surface area contributed by atoms with Crippen LogP contribution in [0, 0.1) is 0 Å². The molecule has 0 bridgehead atoms. The van der Waals surface area contributed by atoms with Gasteiger partial charge in [-0.15, -0.1) is 0 Å². The van der Waals surface area contributed by atoms with Crippen LogP contribution in [0.1, 0.15) is 32.4 Å². The van der Waals surface area contributed by atoms with Gasteiger partial charge in [0.2, 0.25) is 5.91 Å². The zero-order valence-electron chi connectivity index (χ0n) is 13.8. The van der Waals surface area contributed by atoms with Gasteiger partial charge in [0.25, 0.3) is 0 Å². The van der Waals surface area contributed by atoms with Crippen LogP contribution in [0.4, 0.5) is 0 Å². The lowest BCUT2D eigenvalue weighted by Gasteiger charge is -2.26. The summed E-state index contributed by atoms with van der Waals surface area (Å²) in [5.74, 6) is 0.00468. The fraction of sp³-hybridized carbons (Fsp3) is 0.250. The topological polar surface area (TPSA) is 34.0 Å². The molecule has 3 aromatic rings. The average Bonchev–Trinajstić information content (AvgIpc) is 2.91. The van der Waals surface area contributed by atoms with E-state index in [4.69, 9.17) is 0 Å². The maximum atomic E-state index is 13.0. The highest BCUT2D eigenvalue weighted by Crippen LogP contribution is 2.26. The third kappa shape index (κ3) is 3.29. The number of benzene rings is 2. The molecule has 1 heterocycles.